The Morgan fingerprint density at radius 1 is 0.927 bits per heavy atom. The van der Waals surface area contributed by atoms with Crippen LogP contribution in [-0.4, -0.2) is 44.3 Å². The Kier molecular flexibility index (Phi) is 11.6. The van der Waals surface area contributed by atoms with E-state index in [1.54, 1.807) is 12.1 Å². The molecular weight excluding hydrogens is 581 g/mol. The highest BCUT2D eigenvalue weighted by Gasteiger charge is 2.34. The number of rotatable bonds is 13. The maximum absolute atomic E-state index is 14.2. The minimum atomic E-state index is -4.22. The van der Waals surface area contributed by atoms with Gasteiger partial charge in [-0.2, -0.15) is 0 Å². The van der Waals surface area contributed by atoms with Crippen LogP contribution in [0.5, 0.6) is 0 Å². The van der Waals surface area contributed by atoms with Crippen molar-refractivity contribution in [2.75, 3.05) is 17.4 Å². The highest BCUT2D eigenvalue weighted by atomic mass is 35.5. The summed E-state index contributed by atoms with van der Waals surface area (Å²) in [6.07, 6.45) is 2.08. The van der Waals surface area contributed by atoms with Gasteiger partial charge in [0.2, 0.25) is 11.8 Å². The number of nitrogens with zero attached hydrogens (tertiary/aromatic N) is 2. The van der Waals surface area contributed by atoms with Crippen LogP contribution in [0.4, 0.5) is 5.69 Å². The molecule has 0 aromatic heterocycles. The Hall–Kier alpha value is -3.07. The second-order valence-electron chi connectivity index (χ2n) is 9.97. The molecule has 7 nitrogen and oxygen atoms in total. The molecule has 0 saturated carbocycles. The first-order valence-electron chi connectivity index (χ1n) is 13.6. The topological polar surface area (TPSA) is 86.8 Å². The zero-order chi connectivity index (χ0) is 30.2. The first kappa shape index (κ1) is 32.4. The third-order valence-corrected chi connectivity index (χ3v) is 9.07. The molecule has 220 valence electrons. The van der Waals surface area contributed by atoms with Gasteiger partial charge >= 0.3 is 0 Å². The monoisotopic (exact) mass is 617 g/mol. The highest BCUT2D eigenvalue weighted by Crippen LogP contribution is 2.30. The van der Waals surface area contributed by atoms with Crippen molar-refractivity contribution >= 4 is 50.7 Å². The lowest BCUT2D eigenvalue weighted by Gasteiger charge is -2.33. The number of sulfonamides is 1. The predicted molar refractivity (Wildman–Crippen MR) is 166 cm³/mol. The third-order valence-electron chi connectivity index (χ3n) is 6.84. The third kappa shape index (κ3) is 8.47. The molecule has 3 aromatic rings. The molecule has 0 unspecified atom stereocenters. The number of anilines is 1. The lowest BCUT2D eigenvalue weighted by molar-refractivity contribution is -0.140. The van der Waals surface area contributed by atoms with Crippen molar-refractivity contribution in [3.63, 3.8) is 0 Å². The summed E-state index contributed by atoms with van der Waals surface area (Å²) in [5.41, 5.74) is 2.85. The van der Waals surface area contributed by atoms with E-state index in [4.69, 9.17) is 23.2 Å². The molecule has 0 radical (unpaired) electrons. The van der Waals surface area contributed by atoms with Crippen molar-refractivity contribution in [2.45, 2.75) is 64.4 Å². The van der Waals surface area contributed by atoms with Gasteiger partial charge in [-0.25, -0.2) is 8.42 Å². The first-order chi connectivity index (χ1) is 19.5. The molecule has 1 N–H and O–H groups in total. The number of nitrogens with one attached hydrogen (secondary N) is 1. The number of halogens is 2. The van der Waals surface area contributed by atoms with Crippen LogP contribution in [0.3, 0.4) is 0 Å². The number of amides is 2. The number of hydrogen-bond donors (Lipinski definition) is 1. The van der Waals surface area contributed by atoms with E-state index in [1.807, 2.05) is 52.0 Å². The molecule has 0 saturated heterocycles. The molecule has 41 heavy (non-hydrogen) atoms. The van der Waals surface area contributed by atoms with E-state index in [9.17, 15) is 18.0 Å². The second-order valence-corrected chi connectivity index (χ2v) is 12.7. The SMILES string of the molecule is CCCCNC(=O)[C@H](CC)N(Cc1ccccc1C)C(=O)CN(c1cc(Cl)cc(Cl)c1)S(=O)(=O)c1ccc(C)cc1. The van der Waals surface area contributed by atoms with Crippen LogP contribution in [0, 0.1) is 13.8 Å². The highest BCUT2D eigenvalue weighted by molar-refractivity contribution is 7.92. The van der Waals surface area contributed by atoms with Crippen molar-refractivity contribution in [1.82, 2.24) is 10.2 Å². The molecule has 0 heterocycles. The summed E-state index contributed by atoms with van der Waals surface area (Å²) in [5.74, 6) is -0.806. The van der Waals surface area contributed by atoms with Crippen molar-refractivity contribution in [1.29, 1.82) is 0 Å². The summed E-state index contributed by atoms with van der Waals surface area (Å²) in [6.45, 7) is 7.73. The van der Waals surface area contributed by atoms with Gasteiger partial charge in [0.1, 0.15) is 12.6 Å². The largest absolute Gasteiger partial charge is 0.354 e. The lowest BCUT2D eigenvalue weighted by atomic mass is 10.1. The van der Waals surface area contributed by atoms with Crippen LogP contribution in [0.25, 0.3) is 0 Å². The summed E-state index contributed by atoms with van der Waals surface area (Å²) in [7, 11) is -4.22. The van der Waals surface area contributed by atoms with E-state index in [-0.39, 0.29) is 33.1 Å². The summed E-state index contributed by atoms with van der Waals surface area (Å²) in [4.78, 5) is 28.9. The number of carbonyl (C=O) groups excluding carboxylic acids is 2. The van der Waals surface area contributed by atoms with Crippen LogP contribution in [0.15, 0.2) is 71.6 Å². The van der Waals surface area contributed by atoms with Crippen LogP contribution < -0.4 is 9.62 Å². The quantitative estimate of drug-likeness (QED) is 0.221. The van der Waals surface area contributed by atoms with Crippen molar-refractivity contribution in [3.05, 3.63) is 93.5 Å². The van der Waals surface area contributed by atoms with E-state index in [0.29, 0.717) is 13.0 Å². The molecule has 0 fully saturated rings. The summed E-state index contributed by atoms with van der Waals surface area (Å²) in [5, 5.41) is 3.38. The van der Waals surface area contributed by atoms with Gasteiger partial charge in [-0.15, -0.1) is 0 Å². The Morgan fingerprint density at radius 2 is 1.56 bits per heavy atom. The van der Waals surface area contributed by atoms with E-state index < -0.39 is 28.5 Å². The van der Waals surface area contributed by atoms with Gasteiger partial charge in [-0.3, -0.25) is 13.9 Å². The lowest BCUT2D eigenvalue weighted by Crippen LogP contribution is -2.52. The fourth-order valence-corrected chi connectivity index (χ4v) is 6.36. The van der Waals surface area contributed by atoms with Gasteiger partial charge in [-0.1, -0.05) is 85.4 Å². The van der Waals surface area contributed by atoms with E-state index >= 15 is 0 Å². The van der Waals surface area contributed by atoms with Gasteiger partial charge in [0.05, 0.1) is 10.6 Å². The van der Waals surface area contributed by atoms with Crippen molar-refractivity contribution < 1.29 is 18.0 Å². The van der Waals surface area contributed by atoms with E-state index in [2.05, 4.69) is 5.32 Å². The van der Waals surface area contributed by atoms with Crippen molar-refractivity contribution in [2.24, 2.45) is 0 Å². The minimum Gasteiger partial charge on any atom is -0.354 e. The molecule has 0 spiro atoms. The maximum atomic E-state index is 14.2. The zero-order valence-electron chi connectivity index (χ0n) is 23.9. The molecule has 3 aromatic carbocycles. The number of benzene rings is 3. The van der Waals surface area contributed by atoms with Gasteiger partial charge in [-0.05, 0) is 68.1 Å². The standard InChI is InChI=1S/C31H37Cl2N3O4S/c1-5-7-16-34-31(38)29(6-2)35(20-24-11-9-8-10-23(24)4)30(37)21-36(27-18-25(32)17-26(33)19-27)41(39,40)28-14-12-22(3)13-15-28/h8-15,17-19,29H,5-7,16,20-21H2,1-4H3,(H,34,38)/t29-/m0/s1. The normalized spacial score (nSPS) is 12.0. The summed E-state index contributed by atoms with van der Waals surface area (Å²) >= 11 is 12.5. The van der Waals surface area contributed by atoms with Crippen LogP contribution in [-0.2, 0) is 26.2 Å². The Morgan fingerprint density at radius 3 is 2.15 bits per heavy atom. The minimum absolute atomic E-state index is 0.0156. The van der Waals surface area contributed by atoms with Crippen LogP contribution in [0.1, 0.15) is 49.8 Å². The van der Waals surface area contributed by atoms with Gasteiger partial charge in [0.15, 0.2) is 0 Å². The molecule has 0 aliphatic rings. The number of unbranched alkanes of at least 4 members (excludes halogenated alkanes) is 1. The average Bonchev–Trinajstić information content (AvgIpc) is 2.92. The fourth-order valence-electron chi connectivity index (χ4n) is 4.45. The average molecular weight is 619 g/mol. The van der Waals surface area contributed by atoms with Gasteiger partial charge in [0.25, 0.3) is 10.0 Å². The Labute approximate surface area is 253 Å². The number of aryl methyl sites for hydroxylation is 2. The second kappa shape index (κ2) is 14.7. The zero-order valence-corrected chi connectivity index (χ0v) is 26.2. The Bertz CT molecular complexity index is 1440. The van der Waals surface area contributed by atoms with Crippen LogP contribution >= 0.6 is 23.2 Å². The molecule has 2 amide bonds. The molecule has 0 bridgehead atoms. The molecule has 0 aliphatic heterocycles. The molecule has 10 heteroatoms. The summed E-state index contributed by atoms with van der Waals surface area (Å²) in [6, 6.07) is 17.6. The van der Waals surface area contributed by atoms with Gasteiger partial charge in [0, 0.05) is 23.1 Å². The predicted octanol–water partition coefficient (Wildman–Crippen LogP) is 6.53. The molecule has 0 aliphatic carbocycles. The van der Waals surface area contributed by atoms with Crippen molar-refractivity contribution in [3.8, 4) is 0 Å². The van der Waals surface area contributed by atoms with E-state index in [1.165, 1.54) is 35.2 Å². The molecule has 1 atom stereocenters. The van der Waals surface area contributed by atoms with Gasteiger partial charge < -0.3 is 10.2 Å². The molecular formula is C31H37Cl2N3O4S. The summed E-state index contributed by atoms with van der Waals surface area (Å²) < 4.78 is 29.0. The maximum Gasteiger partial charge on any atom is 0.264 e. The Balaban J connectivity index is 2.08. The fraction of sp³-hybridized carbons (Fsp3) is 0.355. The first-order valence-corrected chi connectivity index (χ1v) is 15.8. The smallest absolute Gasteiger partial charge is 0.264 e. The molecule has 3 rings (SSSR count). The number of hydrogen-bond acceptors (Lipinski definition) is 4. The van der Waals surface area contributed by atoms with E-state index in [0.717, 1.165) is 33.8 Å². The number of carbonyl (C=O) groups is 2. The van der Waals surface area contributed by atoms with Crippen LogP contribution in [0.2, 0.25) is 10.0 Å².